The maximum absolute atomic E-state index is 12.1. The van der Waals surface area contributed by atoms with E-state index in [-0.39, 0.29) is 23.3 Å². The van der Waals surface area contributed by atoms with Crippen molar-refractivity contribution in [3.05, 3.63) is 29.8 Å². The number of nitrogens with two attached hydrogens (primary N) is 1. The van der Waals surface area contributed by atoms with Crippen LogP contribution in [-0.2, 0) is 0 Å². The predicted molar refractivity (Wildman–Crippen MR) is 76.0 cm³/mol. The fraction of sp³-hybridized carbons (Fsp3) is 0.385. The maximum Gasteiger partial charge on any atom is 0.387 e. The van der Waals surface area contributed by atoms with Crippen LogP contribution in [0.3, 0.4) is 0 Å². The average molecular weight is 302 g/mol. The van der Waals surface area contributed by atoms with Gasteiger partial charge in [-0.2, -0.15) is 8.78 Å². The summed E-state index contributed by atoms with van der Waals surface area (Å²) in [6, 6.07) is 5.42. The normalized spacial score (nSPS) is 12.0. The fourth-order valence-corrected chi connectivity index (χ4v) is 1.82. The SMILES string of the molecule is CCC(CC(N)=S)NC(=O)c1cccc(OC(F)F)c1. The lowest BCUT2D eigenvalue weighted by molar-refractivity contribution is -0.0498. The van der Waals surface area contributed by atoms with Crippen LogP contribution in [-0.4, -0.2) is 23.5 Å². The van der Waals surface area contributed by atoms with Gasteiger partial charge < -0.3 is 15.8 Å². The third-order valence-electron chi connectivity index (χ3n) is 2.60. The van der Waals surface area contributed by atoms with E-state index in [4.69, 9.17) is 18.0 Å². The monoisotopic (exact) mass is 302 g/mol. The minimum atomic E-state index is -2.92. The molecule has 0 aromatic heterocycles. The first-order chi connectivity index (χ1) is 9.42. The number of hydrogen-bond acceptors (Lipinski definition) is 3. The van der Waals surface area contributed by atoms with Gasteiger partial charge in [0.25, 0.3) is 5.91 Å². The molecule has 1 unspecified atom stereocenters. The minimum absolute atomic E-state index is 0.0601. The first-order valence-corrected chi connectivity index (χ1v) is 6.47. The zero-order valence-electron chi connectivity index (χ0n) is 10.9. The van der Waals surface area contributed by atoms with Gasteiger partial charge in [-0.25, -0.2) is 0 Å². The van der Waals surface area contributed by atoms with Crippen molar-refractivity contribution in [2.75, 3.05) is 0 Å². The second-order valence-electron chi connectivity index (χ2n) is 4.16. The lowest BCUT2D eigenvalue weighted by atomic mass is 10.1. The molecule has 0 spiro atoms. The number of amides is 1. The first-order valence-electron chi connectivity index (χ1n) is 6.06. The highest BCUT2D eigenvalue weighted by atomic mass is 32.1. The van der Waals surface area contributed by atoms with Crippen molar-refractivity contribution in [2.24, 2.45) is 5.73 Å². The van der Waals surface area contributed by atoms with Crippen molar-refractivity contribution in [3.8, 4) is 5.75 Å². The van der Waals surface area contributed by atoms with Crippen LogP contribution in [0.4, 0.5) is 8.78 Å². The van der Waals surface area contributed by atoms with Crippen molar-refractivity contribution in [1.82, 2.24) is 5.32 Å². The van der Waals surface area contributed by atoms with E-state index < -0.39 is 6.61 Å². The van der Waals surface area contributed by atoms with E-state index in [1.165, 1.54) is 24.3 Å². The highest BCUT2D eigenvalue weighted by molar-refractivity contribution is 7.80. The predicted octanol–water partition coefficient (Wildman–Crippen LogP) is 2.47. The third-order valence-corrected chi connectivity index (χ3v) is 2.76. The average Bonchev–Trinajstić information content (AvgIpc) is 2.36. The summed E-state index contributed by atoms with van der Waals surface area (Å²) in [7, 11) is 0. The molecule has 1 aromatic rings. The summed E-state index contributed by atoms with van der Waals surface area (Å²) in [6.45, 7) is -1.04. The van der Waals surface area contributed by atoms with Gasteiger partial charge in [-0.1, -0.05) is 25.2 Å². The van der Waals surface area contributed by atoms with Gasteiger partial charge in [0.1, 0.15) is 5.75 Å². The van der Waals surface area contributed by atoms with Crippen molar-refractivity contribution < 1.29 is 18.3 Å². The summed E-state index contributed by atoms with van der Waals surface area (Å²) in [5.41, 5.74) is 5.68. The van der Waals surface area contributed by atoms with Crippen LogP contribution in [0.25, 0.3) is 0 Å². The van der Waals surface area contributed by atoms with E-state index in [0.29, 0.717) is 17.8 Å². The number of ether oxygens (including phenoxy) is 1. The fourth-order valence-electron chi connectivity index (χ4n) is 1.62. The van der Waals surface area contributed by atoms with E-state index in [1.807, 2.05) is 6.92 Å². The van der Waals surface area contributed by atoms with Gasteiger partial charge in [0, 0.05) is 18.0 Å². The van der Waals surface area contributed by atoms with Crippen molar-refractivity contribution in [3.63, 3.8) is 0 Å². The van der Waals surface area contributed by atoms with Gasteiger partial charge in [-0.15, -0.1) is 0 Å². The van der Waals surface area contributed by atoms with Crippen LogP contribution in [0.5, 0.6) is 5.75 Å². The molecule has 110 valence electrons. The summed E-state index contributed by atoms with van der Waals surface area (Å²) >= 11 is 4.80. The van der Waals surface area contributed by atoms with Crippen molar-refractivity contribution >= 4 is 23.1 Å². The largest absolute Gasteiger partial charge is 0.435 e. The Morgan fingerprint density at radius 3 is 2.75 bits per heavy atom. The van der Waals surface area contributed by atoms with Gasteiger partial charge in [-0.3, -0.25) is 4.79 Å². The quantitative estimate of drug-likeness (QED) is 0.760. The molecule has 0 saturated carbocycles. The number of halogens is 2. The zero-order chi connectivity index (χ0) is 15.1. The van der Waals surface area contributed by atoms with Crippen LogP contribution >= 0.6 is 12.2 Å². The third kappa shape index (κ3) is 5.48. The highest BCUT2D eigenvalue weighted by Gasteiger charge is 2.14. The van der Waals surface area contributed by atoms with Gasteiger partial charge in [0.2, 0.25) is 0 Å². The molecular formula is C13H16F2N2O2S. The second-order valence-corrected chi connectivity index (χ2v) is 4.68. The molecule has 7 heteroatoms. The Bertz CT molecular complexity index is 483. The Morgan fingerprint density at radius 1 is 1.50 bits per heavy atom. The topological polar surface area (TPSA) is 64.3 Å². The van der Waals surface area contributed by atoms with Gasteiger partial charge in [0.05, 0.1) is 4.99 Å². The molecule has 4 nitrogen and oxygen atoms in total. The summed E-state index contributed by atoms with van der Waals surface area (Å²) in [4.78, 5) is 12.3. The smallest absolute Gasteiger partial charge is 0.387 e. The number of thiocarbonyl (C=S) groups is 1. The summed E-state index contributed by atoms with van der Waals surface area (Å²) in [5.74, 6) is -0.442. The summed E-state index contributed by atoms with van der Waals surface area (Å²) < 4.78 is 28.5. The number of carbonyl (C=O) groups excluding carboxylic acids is 1. The number of hydrogen-bond donors (Lipinski definition) is 2. The van der Waals surface area contributed by atoms with E-state index >= 15 is 0 Å². The van der Waals surface area contributed by atoms with Crippen molar-refractivity contribution in [1.29, 1.82) is 0 Å². The summed E-state index contributed by atoms with van der Waals surface area (Å²) in [5, 5.41) is 2.75. The number of carbonyl (C=O) groups is 1. The Kier molecular flexibility index (Phi) is 6.30. The standard InChI is InChI=1S/C13H16F2N2O2S/c1-2-9(7-11(16)20)17-12(18)8-4-3-5-10(6-8)19-13(14)15/h3-6,9,13H,2,7H2,1H3,(H2,16,20)(H,17,18). The maximum atomic E-state index is 12.1. The van der Waals surface area contributed by atoms with Gasteiger partial charge >= 0.3 is 6.61 Å². The number of alkyl halides is 2. The molecule has 0 fully saturated rings. The molecule has 1 rings (SSSR count). The van der Waals surface area contributed by atoms with E-state index in [2.05, 4.69) is 10.1 Å². The molecular weight excluding hydrogens is 286 g/mol. The first kappa shape index (κ1) is 16.3. The zero-order valence-corrected chi connectivity index (χ0v) is 11.8. The van der Waals surface area contributed by atoms with Crippen LogP contribution in [0.2, 0.25) is 0 Å². The molecule has 0 saturated heterocycles. The van der Waals surface area contributed by atoms with Crippen molar-refractivity contribution in [2.45, 2.75) is 32.4 Å². The molecule has 0 heterocycles. The Balaban J connectivity index is 2.73. The van der Waals surface area contributed by atoms with Crippen LogP contribution < -0.4 is 15.8 Å². The van der Waals surface area contributed by atoms with E-state index in [1.54, 1.807) is 0 Å². The molecule has 0 aliphatic carbocycles. The second kappa shape index (κ2) is 7.74. The Morgan fingerprint density at radius 2 is 2.20 bits per heavy atom. The van der Waals surface area contributed by atoms with Crippen LogP contribution in [0, 0.1) is 0 Å². The Hall–Kier alpha value is -1.76. The number of nitrogens with one attached hydrogen (secondary N) is 1. The minimum Gasteiger partial charge on any atom is -0.435 e. The molecule has 1 aromatic carbocycles. The van der Waals surface area contributed by atoms with Crippen LogP contribution in [0.15, 0.2) is 24.3 Å². The number of rotatable bonds is 7. The Labute approximate surface area is 121 Å². The van der Waals surface area contributed by atoms with Crippen LogP contribution in [0.1, 0.15) is 30.1 Å². The lowest BCUT2D eigenvalue weighted by Crippen LogP contribution is -2.37. The molecule has 0 aliphatic heterocycles. The molecule has 1 atom stereocenters. The van der Waals surface area contributed by atoms with Gasteiger partial charge in [0.15, 0.2) is 0 Å². The molecule has 0 bridgehead atoms. The molecule has 0 radical (unpaired) electrons. The summed E-state index contributed by atoms with van der Waals surface area (Å²) in [6.07, 6.45) is 1.06. The molecule has 0 aliphatic rings. The lowest BCUT2D eigenvalue weighted by Gasteiger charge is -2.16. The van der Waals surface area contributed by atoms with Gasteiger partial charge in [-0.05, 0) is 24.6 Å². The molecule has 3 N–H and O–H groups in total. The molecule has 1 amide bonds. The number of benzene rings is 1. The van der Waals surface area contributed by atoms with E-state index in [0.717, 1.165) is 0 Å². The highest BCUT2D eigenvalue weighted by Crippen LogP contribution is 2.16. The molecule has 20 heavy (non-hydrogen) atoms. The van der Waals surface area contributed by atoms with E-state index in [9.17, 15) is 13.6 Å².